The third kappa shape index (κ3) is 4.20. The zero-order chi connectivity index (χ0) is 22.1. The molecule has 0 aliphatic rings. The van der Waals surface area contributed by atoms with Crippen LogP contribution >= 0.6 is 11.3 Å². The van der Waals surface area contributed by atoms with Gasteiger partial charge in [-0.3, -0.25) is 4.79 Å². The second kappa shape index (κ2) is 8.31. The van der Waals surface area contributed by atoms with Gasteiger partial charge in [0.1, 0.15) is 10.7 Å². The van der Waals surface area contributed by atoms with E-state index in [9.17, 15) is 4.79 Å². The van der Waals surface area contributed by atoms with Gasteiger partial charge in [0, 0.05) is 17.1 Å². The number of benzene rings is 1. The molecule has 1 amide bonds. The van der Waals surface area contributed by atoms with Crippen LogP contribution in [0.4, 0.5) is 5.69 Å². The zero-order valence-electron chi connectivity index (χ0n) is 17.9. The Kier molecular flexibility index (Phi) is 5.56. The van der Waals surface area contributed by atoms with Gasteiger partial charge in [0.15, 0.2) is 11.5 Å². The monoisotopic (exact) mass is 434 g/mol. The summed E-state index contributed by atoms with van der Waals surface area (Å²) in [5.74, 6) is 2.11. The number of fused-ring (bicyclic) bond motifs is 1. The molecule has 0 saturated carbocycles. The van der Waals surface area contributed by atoms with Crippen molar-refractivity contribution in [3.63, 3.8) is 0 Å². The predicted octanol–water partition coefficient (Wildman–Crippen LogP) is 5.37. The van der Waals surface area contributed by atoms with Crippen molar-refractivity contribution < 1.29 is 14.3 Å². The normalized spacial score (nSPS) is 10.9. The topological polar surface area (TPSA) is 86.2 Å². The molecule has 1 N–H and O–H groups in total. The molecule has 0 spiro atoms. The summed E-state index contributed by atoms with van der Waals surface area (Å²) in [6.45, 7) is 7.69. The first-order chi connectivity index (χ1) is 14.9. The minimum Gasteiger partial charge on any atom is -0.493 e. The van der Waals surface area contributed by atoms with Crippen LogP contribution in [0, 0.1) is 27.7 Å². The predicted molar refractivity (Wildman–Crippen MR) is 122 cm³/mol. The molecule has 3 heterocycles. The van der Waals surface area contributed by atoms with Gasteiger partial charge in [0.25, 0.3) is 5.91 Å². The number of methoxy groups -OCH3 is 1. The van der Waals surface area contributed by atoms with Crippen molar-refractivity contribution in [3.8, 4) is 17.4 Å². The maximum Gasteiger partial charge on any atom is 0.266 e. The summed E-state index contributed by atoms with van der Waals surface area (Å²) in [6, 6.07) is 9.12. The number of hydrogen-bond donors (Lipinski definition) is 1. The van der Waals surface area contributed by atoms with Gasteiger partial charge in [-0.2, -0.15) is 0 Å². The number of nitrogens with one attached hydrogen (secondary N) is 1. The number of amides is 1. The number of anilines is 1. The van der Waals surface area contributed by atoms with Gasteiger partial charge in [-0.1, -0.05) is 6.07 Å². The van der Waals surface area contributed by atoms with Crippen molar-refractivity contribution >= 4 is 33.1 Å². The maximum absolute atomic E-state index is 12.9. The summed E-state index contributed by atoms with van der Waals surface area (Å²) < 4.78 is 11.2. The Morgan fingerprint density at radius 2 is 1.84 bits per heavy atom. The molecule has 0 saturated heterocycles. The molecule has 8 heteroatoms. The number of pyridine rings is 1. The number of nitrogens with zero attached hydrogens (tertiary/aromatic N) is 3. The van der Waals surface area contributed by atoms with Gasteiger partial charge in [0.2, 0.25) is 5.88 Å². The molecule has 0 radical (unpaired) electrons. The molecule has 7 nitrogen and oxygen atoms in total. The first kappa shape index (κ1) is 20.7. The van der Waals surface area contributed by atoms with Crippen molar-refractivity contribution in [1.29, 1.82) is 0 Å². The largest absolute Gasteiger partial charge is 0.493 e. The average Bonchev–Trinajstić information content (AvgIpc) is 3.07. The quantitative estimate of drug-likeness (QED) is 0.454. The number of rotatable bonds is 5. The Morgan fingerprint density at radius 1 is 1.03 bits per heavy atom. The number of hydrogen-bond acceptors (Lipinski definition) is 7. The Bertz CT molecular complexity index is 1280. The molecule has 4 rings (SSSR count). The molecule has 3 aromatic heterocycles. The number of aryl methyl sites for hydroxylation is 4. The molecule has 0 unspecified atom stereocenters. The molecule has 4 aromatic rings. The highest BCUT2D eigenvalue weighted by molar-refractivity contribution is 7.20. The van der Waals surface area contributed by atoms with E-state index in [2.05, 4.69) is 20.3 Å². The lowest BCUT2D eigenvalue weighted by Crippen LogP contribution is -2.11. The molecule has 0 bridgehead atoms. The molecule has 1 aromatic carbocycles. The minimum atomic E-state index is -0.201. The van der Waals surface area contributed by atoms with Crippen molar-refractivity contribution in [3.05, 3.63) is 64.1 Å². The standard InChI is InChI=1S/C23H22N4O3S/c1-12-6-8-17(18(10-12)29-5)30-19-9-7-16(11-24-19)27-22(28)21-13(2)20-14(3)25-15(4)26-23(20)31-21/h6-11H,1-5H3,(H,27,28). The molecular weight excluding hydrogens is 412 g/mol. The van der Waals surface area contributed by atoms with Crippen molar-refractivity contribution in [1.82, 2.24) is 15.0 Å². The van der Waals surface area contributed by atoms with Gasteiger partial charge in [0.05, 0.1) is 23.9 Å². The van der Waals surface area contributed by atoms with E-state index in [0.29, 0.717) is 33.8 Å². The number of thiophene rings is 1. The van der Waals surface area contributed by atoms with Crippen LogP contribution in [0.15, 0.2) is 36.5 Å². The molecule has 0 atom stereocenters. The maximum atomic E-state index is 12.9. The highest BCUT2D eigenvalue weighted by atomic mass is 32.1. The lowest BCUT2D eigenvalue weighted by Gasteiger charge is -2.11. The summed E-state index contributed by atoms with van der Waals surface area (Å²) in [5.41, 5.74) is 3.41. The van der Waals surface area contributed by atoms with E-state index < -0.39 is 0 Å². The molecule has 0 fully saturated rings. The third-order valence-electron chi connectivity index (χ3n) is 4.82. The van der Waals surface area contributed by atoms with Crippen molar-refractivity contribution in [2.75, 3.05) is 12.4 Å². The van der Waals surface area contributed by atoms with Crippen LogP contribution in [0.3, 0.4) is 0 Å². The van der Waals surface area contributed by atoms with Crippen LogP contribution < -0.4 is 14.8 Å². The molecule has 0 aliphatic heterocycles. The van der Waals surface area contributed by atoms with Gasteiger partial charge in [-0.15, -0.1) is 11.3 Å². The van der Waals surface area contributed by atoms with Crippen LogP contribution in [0.25, 0.3) is 10.2 Å². The summed E-state index contributed by atoms with van der Waals surface area (Å²) in [4.78, 5) is 27.5. The van der Waals surface area contributed by atoms with E-state index in [1.807, 2.05) is 45.9 Å². The Morgan fingerprint density at radius 3 is 2.55 bits per heavy atom. The van der Waals surface area contributed by atoms with Gasteiger partial charge in [-0.05, 0) is 57.0 Å². The molecular formula is C23H22N4O3S. The van der Waals surface area contributed by atoms with E-state index in [0.717, 1.165) is 27.0 Å². The highest BCUT2D eigenvalue weighted by Gasteiger charge is 2.19. The van der Waals surface area contributed by atoms with E-state index in [1.54, 1.807) is 25.4 Å². The molecule has 0 aliphatic carbocycles. The fraction of sp³-hybridized carbons (Fsp3) is 0.217. The minimum absolute atomic E-state index is 0.201. The third-order valence-corrected chi connectivity index (χ3v) is 6.00. The summed E-state index contributed by atoms with van der Waals surface area (Å²) >= 11 is 1.37. The van der Waals surface area contributed by atoms with Crippen LogP contribution in [-0.4, -0.2) is 28.0 Å². The van der Waals surface area contributed by atoms with E-state index >= 15 is 0 Å². The molecule has 158 valence electrons. The van der Waals surface area contributed by atoms with Crippen LogP contribution in [0.2, 0.25) is 0 Å². The number of carbonyl (C=O) groups is 1. The van der Waals surface area contributed by atoms with E-state index in [4.69, 9.17) is 9.47 Å². The van der Waals surface area contributed by atoms with E-state index in [1.165, 1.54) is 11.3 Å². The van der Waals surface area contributed by atoms with E-state index in [-0.39, 0.29) is 5.91 Å². The average molecular weight is 435 g/mol. The van der Waals surface area contributed by atoms with Crippen molar-refractivity contribution in [2.45, 2.75) is 27.7 Å². The SMILES string of the molecule is COc1cc(C)ccc1Oc1ccc(NC(=O)c2sc3nc(C)nc(C)c3c2C)cn1. The first-order valence-corrected chi connectivity index (χ1v) is 10.5. The Labute approximate surface area is 184 Å². The lowest BCUT2D eigenvalue weighted by atomic mass is 10.1. The Balaban J connectivity index is 1.52. The fourth-order valence-electron chi connectivity index (χ4n) is 3.36. The van der Waals surface area contributed by atoms with Gasteiger partial charge in [-0.25, -0.2) is 15.0 Å². The summed E-state index contributed by atoms with van der Waals surface area (Å²) in [7, 11) is 1.60. The first-order valence-electron chi connectivity index (χ1n) is 9.70. The lowest BCUT2D eigenvalue weighted by molar-refractivity contribution is 0.103. The smallest absolute Gasteiger partial charge is 0.266 e. The number of aromatic nitrogens is 3. The van der Waals surface area contributed by atoms with Gasteiger partial charge < -0.3 is 14.8 Å². The highest BCUT2D eigenvalue weighted by Crippen LogP contribution is 2.33. The number of carbonyl (C=O) groups excluding carboxylic acids is 1. The van der Waals surface area contributed by atoms with Gasteiger partial charge >= 0.3 is 0 Å². The fourth-order valence-corrected chi connectivity index (χ4v) is 4.54. The second-order valence-corrected chi connectivity index (χ2v) is 8.19. The number of ether oxygens (including phenoxy) is 2. The van der Waals surface area contributed by atoms with Crippen LogP contribution in [0.5, 0.6) is 17.4 Å². The molecule has 31 heavy (non-hydrogen) atoms. The van der Waals surface area contributed by atoms with Crippen LogP contribution in [-0.2, 0) is 0 Å². The second-order valence-electron chi connectivity index (χ2n) is 7.19. The van der Waals surface area contributed by atoms with Crippen LogP contribution in [0.1, 0.15) is 32.3 Å². The van der Waals surface area contributed by atoms with Crippen molar-refractivity contribution in [2.24, 2.45) is 0 Å². The Hall–Kier alpha value is -3.52. The zero-order valence-corrected chi connectivity index (χ0v) is 18.8. The summed E-state index contributed by atoms with van der Waals surface area (Å²) in [6.07, 6.45) is 1.56. The summed E-state index contributed by atoms with van der Waals surface area (Å²) in [5, 5.41) is 3.84.